The van der Waals surface area contributed by atoms with Gasteiger partial charge < -0.3 is 4.57 Å². The van der Waals surface area contributed by atoms with Crippen LogP contribution in [0, 0.1) is 0 Å². The van der Waals surface area contributed by atoms with Crippen LogP contribution in [0.2, 0.25) is 10.0 Å². The zero-order valence-corrected chi connectivity index (χ0v) is 13.3. The van der Waals surface area contributed by atoms with E-state index in [0.29, 0.717) is 23.0 Å². The van der Waals surface area contributed by atoms with Crippen LogP contribution in [0.4, 0.5) is 0 Å². The monoisotopic (exact) mass is 328 g/mol. The number of aromatic nitrogens is 2. The molecule has 0 aliphatic rings. The lowest BCUT2D eigenvalue weighted by Gasteiger charge is -2.18. The maximum Gasteiger partial charge on any atom is 0.189 e. The average molecular weight is 329 g/mol. The fourth-order valence-electron chi connectivity index (χ4n) is 1.79. The number of rotatable bonds is 5. The predicted molar refractivity (Wildman–Crippen MR) is 84.3 cm³/mol. The molecule has 0 spiro atoms. The summed E-state index contributed by atoms with van der Waals surface area (Å²) in [5.74, 6) is 0. The second kappa shape index (κ2) is 7.16. The molecule has 2 rings (SSSR count). The number of imidazole rings is 1. The Bertz CT molecular complexity index is 587. The highest BCUT2D eigenvalue weighted by Crippen LogP contribution is 2.37. The third-order valence-corrected chi connectivity index (χ3v) is 4.61. The first kappa shape index (κ1) is 15.4. The molecule has 2 aromatic rings. The Balaban J connectivity index is 2.27. The van der Waals surface area contributed by atoms with Gasteiger partial charge >= 0.3 is 0 Å². The lowest BCUT2D eigenvalue weighted by molar-refractivity contribution is -0.110. The lowest BCUT2D eigenvalue weighted by atomic mass is 10.1. The van der Waals surface area contributed by atoms with Crippen molar-refractivity contribution in [3.8, 4) is 0 Å². The molecule has 0 saturated carbocycles. The summed E-state index contributed by atoms with van der Waals surface area (Å²) in [6.45, 7) is 2.49. The van der Waals surface area contributed by atoms with Crippen LogP contribution in [0.3, 0.4) is 0 Å². The summed E-state index contributed by atoms with van der Waals surface area (Å²) < 4.78 is 1.94. The number of carbonyl (C=O) groups excluding carboxylic acids is 1. The fourth-order valence-corrected chi connectivity index (χ4v) is 3.46. The second-order valence-corrected chi connectivity index (χ2v) is 6.36. The van der Waals surface area contributed by atoms with Crippen LogP contribution in [0.5, 0.6) is 0 Å². The number of halogens is 2. The number of hydrogen-bond acceptors (Lipinski definition) is 3. The number of benzene rings is 1. The Labute approximate surface area is 132 Å². The highest BCUT2D eigenvalue weighted by molar-refractivity contribution is 8.13. The molecule has 0 bridgehead atoms. The first-order valence-corrected chi connectivity index (χ1v) is 7.84. The Morgan fingerprint density at radius 3 is 2.85 bits per heavy atom. The minimum Gasteiger partial charge on any atom is -0.336 e. The van der Waals surface area contributed by atoms with Gasteiger partial charge in [0.2, 0.25) is 0 Å². The molecule has 0 N–H and O–H groups in total. The van der Waals surface area contributed by atoms with Gasteiger partial charge in [-0.15, -0.1) is 0 Å². The van der Waals surface area contributed by atoms with Crippen molar-refractivity contribution in [3.63, 3.8) is 0 Å². The Morgan fingerprint density at radius 1 is 1.45 bits per heavy atom. The summed E-state index contributed by atoms with van der Waals surface area (Å²) in [5.41, 5.74) is 0.913. The molecule has 6 heteroatoms. The Morgan fingerprint density at radius 2 is 2.25 bits per heavy atom. The van der Waals surface area contributed by atoms with E-state index >= 15 is 0 Å². The smallest absolute Gasteiger partial charge is 0.189 e. The molecule has 0 radical (unpaired) electrons. The summed E-state index contributed by atoms with van der Waals surface area (Å²) in [5, 5.41) is 1.26. The van der Waals surface area contributed by atoms with Crippen LogP contribution >= 0.6 is 35.0 Å². The molecule has 3 nitrogen and oxygen atoms in total. The molecule has 20 heavy (non-hydrogen) atoms. The van der Waals surface area contributed by atoms with Crippen molar-refractivity contribution < 1.29 is 4.79 Å². The number of carbonyl (C=O) groups is 1. The van der Waals surface area contributed by atoms with Crippen LogP contribution in [0.1, 0.15) is 24.2 Å². The minimum atomic E-state index is -0.0542. The van der Waals surface area contributed by atoms with E-state index in [4.69, 9.17) is 23.2 Å². The highest BCUT2D eigenvalue weighted by atomic mass is 35.5. The van der Waals surface area contributed by atoms with Crippen molar-refractivity contribution in [2.45, 2.75) is 25.1 Å². The van der Waals surface area contributed by atoms with Gasteiger partial charge in [-0.3, -0.25) is 4.79 Å². The zero-order chi connectivity index (χ0) is 14.5. The first-order chi connectivity index (χ1) is 9.60. The van der Waals surface area contributed by atoms with Crippen LogP contribution in [-0.4, -0.2) is 14.7 Å². The first-order valence-electron chi connectivity index (χ1n) is 6.20. The molecule has 1 aromatic heterocycles. The van der Waals surface area contributed by atoms with Crippen molar-refractivity contribution >= 4 is 40.1 Å². The fraction of sp³-hybridized carbons (Fsp3) is 0.286. The van der Waals surface area contributed by atoms with Gasteiger partial charge in [0, 0.05) is 35.4 Å². The molecule has 1 atom stereocenters. The van der Waals surface area contributed by atoms with Gasteiger partial charge in [0.15, 0.2) is 5.12 Å². The van der Waals surface area contributed by atoms with E-state index < -0.39 is 0 Å². The molecule has 1 unspecified atom stereocenters. The number of hydrogen-bond donors (Lipinski definition) is 0. The van der Waals surface area contributed by atoms with E-state index in [9.17, 15) is 4.79 Å². The SMILES string of the molecule is CCC(=O)SC(Cn1ccnc1)c1ccc(Cl)cc1Cl. The molecule has 0 saturated heterocycles. The van der Waals surface area contributed by atoms with Gasteiger partial charge in [0.25, 0.3) is 0 Å². The molecule has 0 aliphatic heterocycles. The standard InChI is InChI=1S/C14H14Cl2N2OS/c1-2-14(19)20-13(8-18-6-5-17-9-18)11-4-3-10(15)7-12(11)16/h3-7,9,13H,2,8H2,1H3. The Hall–Kier alpha value is -0.970. The maximum absolute atomic E-state index is 11.8. The minimum absolute atomic E-state index is 0.0542. The van der Waals surface area contributed by atoms with E-state index in [-0.39, 0.29) is 10.4 Å². The lowest BCUT2D eigenvalue weighted by Crippen LogP contribution is -2.08. The van der Waals surface area contributed by atoms with E-state index in [1.165, 1.54) is 11.8 Å². The van der Waals surface area contributed by atoms with Crippen LogP contribution in [0.25, 0.3) is 0 Å². The predicted octanol–water partition coefficient (Wildman–Crippen LogP) is 4.60. The summed E-state index contributed by atoms with van der Waals surface area (Å²) in [6.07, 6.45) is 5.81. The van der Waals surface area contributed by atoms with E-state index in [2.05, 4.69) is 4.98 Å². The van der Waals surface area contributed by atoms with Gasteiger partial charge in [-0.1, -0.05) is 48.0 Å². The summed E-state index contributed by atoms with van der Waals surface area (Å²) >= 11 is 13.5. The molecule has 0 amide bonds. The van der Waals surface area contributed by atoms with Gasteiger partial charge in [-0.05, 0) is 17.7 Å². The molecular weight excluding hydrogens is 315 g/mol. The molecular formula is C14H14Cl2N2OS. The van der Waals surface area contributed by atoms with Gasteiger partial charge in [-0.2, -0.15) is 0 Å². The molecule has 106 valence electrons. The number of nitrogens with zero attached hydrogens (tertiary/aromatic N) is 2. The summed E-state index contributed by atoms with van der Waals surface area (Å²) in [6, 6.07) is 5.37. The third-order valence-electron chi connectivity index (χ3n) is 2.81. The van der Waals surface area contributed by atoms with Crippen LogP contribution in [-0.2, 0) is 11.3 Å². The topological polar surface area (TPSA) is 34.9 Å². The van der Waals surface area contributed by atoms with Crippen molar-refractivity contribution in [2.24, 2.45) is 0 Å². The highest BCUT2D eigenvalue weighted by Gasteiger charge is 2.19. The summed E-state index contributed by atoms with van der Waals surface area (Å²) in [4.78, 5) is 15.8. The normalized spacial score (nSPS) is 12.3. The van der Waals surface area contributed by atoms with Gasteiger partial charge in [0.1, 0.15) is 0 Å². The second-order valence-electron chi connectivity index (χ2n) is 4.26. The molecule has 1 aromatic carbocycles. The van der Waals surface area contributed by atoms with E-state index in [0.717, 1.165) is 5.56 Å². The van der Waals surface area contributed by atoms with E-state index in [1.807, 2.05) is 23.8 Å². The van der Waals surface area contributed by atoms with Crippen LogP contribution in [0.15, 0.2) is 36.9 Å². The van der Waals surface area contributed by atoms with Gasteiger partial charge in [0.05, 0.1) is 11.6 Å². The largest absolute Gasteiger partial charge is 0.336 e. The van der Waals surface area contributed by atoms with Gasteiger partial charge in [-0.25, -0.2) is 4.98 Å². The van der Waals surface area contributed by atoms with Crippen molar-refractivity contribution in [1.82, 2.24) is 9.55 Å². The molecule has 0 fully saturated rings. The van der Waals surface area contributed by atoms with Crippen molar-refractivity contribution in [2.75, 3.05) is 0 Å². The van der Waals surface area contributed by atoms with Crippen molar-refractivity contribution in [3.05, 3.63) is 52.5 Å². The van der Waals surface area contributed by atoms with Crippen molar-refractivity contribution in [1.29, 1.82) is 0 Å². The van der Waals surface area contributed by atoms with E-state index in [1.54, 1.807) is 24.7 Å². The third kappa shape index (κ3) is 4.01. The zero-order valence-electron chi connectivity index (χ0n) is 10.9. The molecule has 0 aliphatic carbocycles. The average Bonchev–Trinajstić information content (AvgIpc) is 2.91. The van der Waals surface area contributed by atoms with Crippen LogP contribution < -0.4 is 0 Å². The quantitative estimate of drug-likeness (QED) is 0.804. The maximum atomic E-state index is 11.8. The summed E-state index contributed by atoms with van der Waals surface area (Å²) in [7, 11) is 0. The Kier molecular flexibility index (Phi) is 5.52. The number of thioether (sulfide) groups is 1. The molecule has 1 heterocycles.